The average Bonchev–Trinajstić information content (AvgIpc) is 2.30. The van der Waals surface area contributed by atoms with E-state index in [1.807, 2.05) is 0 Å². The van der Waals surface area contributed by atoms with E-state index in [2.05, 4.69) is 12.6 Å². The number of rotatable bonds is 4. The summed E-state index contributed by atoms with van der Waals surface area (Å²) in [6.45, 7) is 1.60. The number of thiol groups is 1. The Labute approximate surface area is 104 Å². The molecule has 1 rings (SSSR count). The summed E-state index contributed by atoms with van der Waals surface area (Å²) < 4.78 is 0. The zero-order valence-electron chi connectivity index (χ0n) is 9.20. The summed E-state index contributed by atoms with van der Waals surface area (Å²) in [5, 5.41) is 29.9. The Morgan fingerprint density at radius 3 is 2.59 bits per heavy atom. The highest BCUT2D eigenvalue weighted by atomic mass is 32.1. The van der Waals surface area contributed by atoms with Gasteiger partial charge in [0.25, 0.3) is 5.69 Å². The minimum atomic E-state index is -1.22. The van der Waals surface area contributed by atoms with Crippen molar-refractivity contribution in [3.05, 3.63) is 33.4 Å². The summed E-state index contributed by atoms with van der Waals surface area (Å²) in [4.78, 5) is 10.1. The SMILES string of the molecule is Cc1cc(C(O)C(O)CS)cc([N+](=O)[O-])c1N. The molecule has 0 radical (unpaired) electrons. The maximum Gasteiger partial charge on any atom is 0.292 e. The molecule has 0 bridgehead atoms. The molecule has 94 valence electrons. The van der Waals surface area contributed by atoms with Crippen molar-refractivity contribution in [2.75, 3.05) is 11.5 Å². The van der Waals surface area contributed by atoms with Crippen molar-refractivity contribution in [1.82, 2.24) is 0 Å². The number of aliphatic hydroxyl groups excluding tert-OH is 2. The Kier molecular flexibility index (Phi) is 4.33. The van der Waals surface area contributed by atoms with Gasteiger partial charge in [-0.3, -0.25) is 10.1 Å². The number of nitro benzene ring substituents is 1. The van der Waals surface area contributed by atoms with E-state index >= 15 is 0 Å². The number of nitro groups is 1. The number of anilines is 1. The van der Waals surface area contributed by atoms with Gasteiger partial charge < -0.3 is 15.9 Å². The summed E-state index contributed by atoms with van der Waals surface area (Å²) in [6.07, 6.45) is -2.30. The zero-order chi connectivity index (χ0) is 13.2. The molecule has 1 aromatic rings. The summed E-state index contributed by atoms with van der Waals surface area (Å²) in [7, 11) is 0. The molecular formula is C10H14N2O4S. The van der Waals surface area contributed by atoms with E-state index in [0.717, 1.165) is 0 Å². The van der Waals surface area contributed by atoms with Crippen molar-refractivity contribution in [2.24, 2.45) is 0 Å². The third kappa shape index (κ3) is 2.87. The number of aryl methyl sites for hydroxylation is 1. The predicted octanol–water partition coefficient (Wildman–Crippen LogP) is 0.810. The van der Waals surface area contributed by atoms with Crippen LogP contribution in [-0.4, -0.2) is 27.0 Å². The van der Waals surface area contributed by atoms with Crippen molar-refractivity contribution in [1.29, 1.82) is 0 Å². The van der Waals surface area contributed by atoms with Gasteiger partial charge in [-0.15, -0.1) is 0 Å². The van der Waals surface area contributed by atoms with Crippen LogP contribution in [0.5, 0.6) is 0 Å². The van der Waals surface area contributed by atoms with Gasteiger partial charge in [-0.2, -0.15) is 12.6 Å². The van der Waals surface area contributed by atoms with Gasteiger partial charge in [0.15, 0.2) is 0 Å². The van der Waals surface area contributed by atoms with Gasteiger partial charge in [-0.1, -0.05) is 6.07 Å². The van der Waals surface area contributed by atoms with Crippen molar-refractivity contribution >= 4 is 24.0 Å². The van der Waals surface area contributed by atoms with Crippen LogP contribution in [0, 0.1) is 17.0 Å². The summed E-state index contributed by atoms with van der Waals surface area (Å²) >= 11 is 3.85. The first-order chi connectivity index (χ1) is 7.88. The molecule has 0 heterocycles. The maximum atomic E-state index is 10.8. The second-order valence-electron chi connectivity index (χ2n) is 3.72. The number of hydrogen-bond acceptors (Lipinski definition) is 6. The molecule has 0 fully saturated rings. The van der Waals surface area contributed by atoms with Crippen LogP contribution in [0.3, 0.4) is 0 Å². The Morgan fingerprint density at radius 1 is 1.53 bits per heavy atom. The fraction of sp³-hybridized carbons (Fsp3) is 0.400. The van der Waals surface area contributed by atoms with Crippen molar-refractivity contribution in [2.45, 2.75) is 19.1 Å². The van der Waals surface area contributed by atoms with Gasteiger partial charge in [-0.25, -0.2) is 0 Å². The lowest BCUT2D eigenvalue weighted by Gasteiger charge is -2.17. The zero-order valence-corrected chi connectivity index (χ0v) is 10.1. The number of aliphatic hydroxyl groups is 2. The predicted molar refractivity (Wildman–Crippen MR) is 67.1 cm³/mol. The first-order valence-electron chi connectivity index (χ1n) is 4.90. The van der Waals surface area contributed by atoms with E-state index < -0.39 is 17.1 Å². The topological polar surface area (TPSA) is 110 Å². The summed E-state index contributed by atoms with van der Waals surface area (Å²) in [6, 6.07) is 2.68. The highest BCUT2D eigenvalue weighted by Gasteiger charge is 2.22. The lowest BCUT2D eigenvalue weighted by Crippen LogP contribution is -2.20. The third-order valence-electron chi connectivity index (χ3n) is 2.48. The molecule has 0 spiro atoms. The van der Waals surface area contributed by atoms with Gasteiger partial charge in [-0.05, 0) is 18.1 Å². The molecule has 7 heteroatoms. The number of benzene rings is 1. The number of hydrogen-bond donors (Lipinski definition) is 4. The monoisotopic (exact) mass is 258 g/mol. The van der Waals surface area contributed by atoms with Crippen LogP contribution >= 0.6 is 12.6 Å². The van der Waals surface area contributed by atoms with E-state index in [4.69, 9.17) is 5.73 Å². The molecule has 0 amide bonds. The van der Waals surface area contributed by atoms with Gasteiger partial charge in [0.2, 0.25) is 0 Å². The standard InChI is InChI=1S/C10H14N2O4S/c1-5-2-6(10(14)8(13)4-17)3-7(9(5)11)12(15)16/h2-3,8,10,13-14,17H,4,11H2,1H3. The minimum Gasteiger partial charge on any atom is -0.393 e. The maximum absolute atomic E-state index is 10.8. The van der Waals surface area contributed by atoms with Crippen LogP contribution in [0.15, 0.2) is 12.1 Å². The molecule has 2 unspecified atom stereocenters. The Hall–Kier alpha value is -1.31. The van der Waals surface area contributed by atoms with Crippen LogP contribution in [0.2, 0.25) is 0 Å². The molecular weight excluding hydrogens is 244 g/mol. The summed E-state index contributed by atoms with van der Waals surface area (Å²) in [5.74, 6) is 0.0540. The largest absolute Gasteiger partial charge is 0.393 e. The Balaban J connectivity index is 3.23. The molecule has 0 aliphatic rings. The van der Waals surface area contributed by atoms with E-state index in [9.17, 15) is 20.3 Å². The van der Waals surface area contributed by atoms with Gasteiger partial charge in [0.1, 0.15) is 11.8 Å². The molecule has 0 saturated heterocycles. The first-order valence-corrected chi connectivity index (χ1v) is 5.53. The van der Waals surface area contributed by atoms with Crippen molar-refractivity contribution in [3.63, 3.8) is 0 Å². The third-order valence-corrected chi connectivity index (χ3v) is 2.85. The van der Waals surface area contributed by atoms with Crippen LogP contribution < -0.4 is 5.73 Å². The molecule has 17 heavy (non-hydrogen) atoms. The van der Waals surface area contributed by atoms with Gasteiger partial charge in [0.05, 0.1) is 11.0 Å². The molecule has 1 aromatic carbocycles. The molecule has 0 aliphatic heterocycles. The van der Waals surface area contributed by atoms with E-state index in [0.29, 0.717) is 5.56 Å². The highest BCUT2D eigenvalue weighted by Crippen LogP contribution is 2.30. The second-order valence-corrected chi connectivity index (χ2v) is 4.09. The molecule has 2 atom stereocenters. The van der Waals surface area contributed by atoms with E-state index in [-0.39, 0.29) is 22.7 Å². The molecule has 0 saturated carbocycles. The van der Waals surface area contributed by atoms with E-state index in [1.54, 1.807) is 6.92 Å². The minimum absolute atomic E-state index is 0.0540. The molecule has 4 N–H and O–H groups in total. The second kappa shape index (κ2) is 5.35. The number of nitrogens with two attached hydrogens (primary N) is 1. The van der Waals surface area contributed by atoms with Crippen molar-refractivity contribution in [3.8, 4) is 0 Å². The Bertz CT molecular complexity index is 439. The normalized spacial score (nSPS) is 14.4. The van der Waals surface area contributed by atoms with Gasteiger partial charge in [0, 0.05) is 11.8 Å². The van der Waals surface area contributed by atoms with Crippen LogP contribution in [0.1, 0.15) is 17.2 Å². The summed E-state index contributed by atoms with van der Waals surface area (Å²) in [5.41, 5.74) is 6.09. The van der Waals surface area contributed by atoms with Gasteiger partial charge >= 0.3 is 0 Å². The average molecular weight is 258 g/mol. The fourth-order valence-corrected chi connectivity index (χ4v) is 1.65. The first kappa shape index (κ1) is 13.8. The van der Waals surface area contributed by atoms with Crippen LogP contribution in [0.25, 0.3) is 0 Å². The molecule has 0 aromatic heterocycles. The van der Waals surface area contributed by atoms with Crippen LogP contribution in [0.4, 0.5) is 11.4 Å². The fourth-order valence-electron chi connectivity index (χ4n) is 1.45. The van der Waals surface area contributed by atoms with E-state index in [1.165, 1.54) is 12.1 Å². The molecule has 6 nitrogen and oxygen atoms in total. The highest BCUT2D eigenvalue weighted by molar-refractivity contribution is 7.80. The lowest BCUT2D eigenvalue weighted by molar-refractivity contribution is -0.384. The molecule has 0 aliphatic carbocycles. The van der Waals surface area contributed by atoms with Crippen molar-refractivity contribution < 1.29 is 15.1 Å². The quantitative estimate of drug-likeness (QED) is 0.276. The van der Waals surface area contributed by atoms with Crippen LogP contribution in [-0.2, 0) is 0 Å². The lowest BCUT2D eigenvalue weighted by atomic mass is 10.0. The Morgan fingerprint density at radius 2 is 2.12 bits per heavy atom. The number of nitrogen functional groups attached to an aromatic ring is 1. The number of nitrogens with zero attached hydrogens (tertiary/aromatic N) is 1. The smallest absolute Gasteiger partial charge is 0.292 e.